The van der Waals surface area contributed by atoms with E-state index in [2.05, 4.69) is 41.4 Å². The Hall–Kier alpha value is -2.96. The molecule has 2 heterocycles. The maximum atomic E-state index is 12.9. The number of hydrogen-bond acceptors (Lipinski definition) is 5. The lowest BCUT2D eigenvalue weighted by Crippen LogP contribution is -2.43. The van der Waals surface area contributed by atoms with Gasteiger partial charge in [0.15, 0.2) is 11.2 Å². The van der Waals surface area contributed by atoms with Crippen LogP contribution >= 0.6 is 0 Å². The number of rotatable bonds is 5. The minimum atomic E-state index is -0.386. The molecule has 0 saturated carbocycles. The van der Waals surface area contributed by atoms with E-state index in [1.54, 1.807) is 6.07 Å². The fourth-order valence-electron chi connectivity index (χ4n) is 4.19. The maximum absolute atomic E-state index is 12.9. The third-order valence-corrected chi connectivity index (χ3v) is 5.80. The average Bonchev–Trinajstić information content (AvgIpc) is 2.75. The fraction of sp³-hybridized carbons (Fsp3) is 0.360. The molecule has 31 heavy (non-hydrogen) atoms. The zero-order valence-electron chi connectivity index (χ0n) is 18.2. The molecule has 1 fully saturated rings. The molecule has 1 aromatic heterocycles. The van der Waals surface area contributed by atoms with Gasteiger partial charge >= 0.3 is 0 Å². The van der Waals surface area contributed by atoms with Gasteiger partial charge in [0.1, 0.15) is 5.58 Å². The Morgan fingerprint density at radius 1 is 1.03 bits per heavy atom. The van der Waals surface area contributed by atoms with Crippen molar-refractivity contribution in [2.45, 2.75) is 26.8 Å². The van der Waals surface area contributed by atoms with Crippen molar-refractivity contribution < 1.29 is 13.9 Å². The zero-order valence-corrected chi connectivity index (χ0v) is 18.2. The first-order valence-corrected chi connectivity index (χ1v) is 10.6. The normalized spacial score (nSPS) is 15.7. The maximum Gasteiger partial charge on any atom is 0.287 e. The minimum absolute atomic E-state index is 0.0186. The van der Waals surface area contributed by atoms with Crippen molar-refractivity contribution in [3.05, 3.63) is 80.7 Å². The first kappa shape index (κ1) is 21.3. The van der Waals surface area contributed by atoms with Crippen molar-refractivity contribution in [1.82, 2.24) is 10.2 Å². The predicted octanol–water partition coefficient (Wildman–Crippen LogP) is 3.52. The molecule has 3 aromatic rings. The van der Waals surface area contributed by atoms with Crippen LogP contribution in [0.5, 0.6) is 0 Å². The van der Waals surface area contributed by atoms with Crippen LogP contribution in [0.2, 0.25) is 0 Å². The lowest BCUT2D eigenvalue weighted by molar-refractivity contribution is 0.0161. The van der Waals surface area contributed by atoms with Crippen LogP contribution in [0, 0.1) is 20.8 Å². The van der Waals surface area contributed by atoms with Crippen molar-refractivity contribution in [2.75, 3.05) is 32.8 Å². The topological polar surface area (TPSA) is 71.8 Å². The van der Waals surface area contributed by atoms with E-state index in [1.807, 2.05) is 19.9 Å². The Morgan fingerprint density at radius 2 is 1.74 bits per heavy atom. The van der Waals surface area contributed by atoms with Gasteiger partial charge in [-0.3, -0.25) is 14.5 Å². The minimum Gasteiger partial charge on any atom is -0.451 e. The number of nitrogens with zero attached hydrogens (tertiary/aromatic N) is 1. The van der Waals surface area contributed by atoms with Crippen LogP contribution in [0.25, 0.3) is 11.0 Å². The van der Waals surface area contributed by atoms with Crippen LogP contribution in [0.4, 0.5) is 0 Å². The molecule has 0 spiro atoms. The van der Waals surface area contributed by atoms with E-state index >= 15 is 0 Å². The van der Waals surface area contributed by atoms with Crippen molar-refractivity contribution in [1.29, 1.82) is 0 Å². The van der Waals surface area contributed by atoms with Crippen molar-refractivity contribution in [3.63, 3.8) is 0 Å². The van der Waals surface area contributed by atoms with Crippen LogP contribution in [0.3, 0.4) is 0 Å². The van der Waals surface area contributed by atoms with E-state index in [0.29, 0.717) is 30.7 Å². The largest absolute Gasteiger partial charge is 0.451 e. The summed E-state index contributed by atoms with van der Waals surface area (Å²) in [5.74, 6) is -0.351. The van der Waals surface area contributed by atoms with Crippen LogP contribution in [0.15, 0.2) is 51.7 Å². The number of nitrogens with one attached hydrogen (secondary N) is 1. The molecule has 0 radical (unpaired) electrons. The number of morpholine rings is 1. The van der Waals surface area contributed by atoms with Gasteiger partial charge in [0.2, 0.25) is 0 Å². The summed E-state index contributed by atoms with van der Waals surface area (Å²) < 4.78 is 11.3. The second kappa shape index (κ2) is 9.04. The summed E-state index contributed by atoms with van der Waals surface area (Å²) in [6.07, 6.45) is 0. The highest BCUT2D eigenvalue weighted by Crippen LogP contribution is 2.23. The molecule has 1 saturated heterocycles. The predicted molar refractivity (Wildman–Crippen MR) is 121 cm³/mol. The van der Waals surface area contributed by atoms with Crippen molar-refractivity contribution in [2.24, 2.45) is 0 Å². The quantitative estimate of drug-likeness (QED) is 0.684. The highest BCUT2D eigenvalue weighted by Gasteiger charge is 2.24. The summed E-state index contributed by atoms with van der Waals surface area (Å²) in [7, 11) is 0. The Kier molecular flexibility index (Phi) is 6.20. The molecule has 1 N–H and O–H groups in total. The van der Waals surface area contributed by atoms with Crippen LogP contribution in [-0.2, 0) is 4.74 Å². The molecule has 1 aliphatic rings. The molecule has 6 nitrogen and oxygen atoms in total. The monoisotopic (exact) mass is 420 g/mol. The van der Waals surface area contributed by atoms with Gasteiger partial charge in [-0.1, -0.05) is 35.9 Å². The van der Waals surface area contributed by atoms with E-state index in [9.17, 15) is 9.59 Å². The summed E-state index contributed by atoms with van der Waals surface area (Å²) in [6.45, 7) is 9.24. The summed E-state index contributed by atoms with van der Waals surface area (Å²) in [5.41, 5.74) is 4.40. The van der Waals surface area contributed by atoms with Gasteiger partial charge in [-0.25, -0.2) is 0 Å². The van der Waals surface area contributed by atoms with E-state index in [-0.39, 0.29) is 23.1 Å². The summed E-state index contributed by atoms with van der Waals surface area (Å²) in [6, 6.07) is 13.4. The number of ether oxygens (including phenoxy) is 1. The molecule has 6 heteroatoms. The standard InChI is InChI=1S/C25H28N2O4/c1-16-4-6-19(7-5-16)20(27-8-10-30-11-9-27)15-26-25(29)23-14-21(28)24-18(3)12-17(2)13-22(24)31-23/h4-7,12-14,20H,8-11,15H2,1-3H3,(H,26,29)/t20-/m0/s1. The molecule has 1 aliphatic heterocycles. The van der Waals surface area contributed by atoms with Crippen LogP contribution < -0.4 is 10.7 Å². The van der Waals surface area contributed by atoms with E-state index in [1.165, 1.54) is 11.6 Å². The molecule has 162 valence electrons. The van der Waals surface area contributed by atoms with Gasteiger partial charge in [0.25, 0.3) is 5.91 Å². The number of fused-ring (bicyclic) bond motifs is 1. The van der Waals surface area contributed by atoms with Gasteiger partial charge in [0.05, 0.1) is 24.6 Å². The lowest BCUT2D eigenvalue weighted by Gasteiger charge is -2.35. The molecule has 0 aliphatic carbocycles. The highest BCUT2D eigenvalue weighted by molar-refractivity contribution is 5.93. The third kappa shape index (κ3) is 4.70. The van der Waals surface area contributed by atoms with Gasteiger partial charge in [-0.05, 0) is 43.5 Å². The SMILES string of the molecule is Cc1ccc([C@H](CNC(=O)c2cc(=O)c3c(C)cc(C)cc3o2)N2CCOCC2)cc1. The Bertz CT molecular complexity index is 1140. The number of amides is 1. The number of aryl methyl sites for hydroxylation is 3. The molecule has 0 bridgehead atoms. The fourth-order valence-corrected chi connectivity index (χ4v) is 4.19. The zero-order chi connectivity index (χ0) is 22.0. The second-order valence-electron chi connectivity index (χ2n) is 8.21. The number of carbonyl (C=O) groups excluding carboxylic acids is 1. The number of carbonyl (C=O) groups is 1. The van der Waals surface area contributed by atoms with Gasteiger partial charge in [0, 0.05) is 25.7 Å². The Labute approximate surface area is 181 Å². The molecule has 2 aromatic carbocycles. The number of benzene rings is 2. The summed E-state index contributed by atoms with van der Waals surface area (Å²) >= 11 is 0. The van der Waals surface area contributed by atoms with Crippen molar-refractivity contribution >= 4 is 16.9 Å². The third-order valence-electron chi connectivity index (χ3n) is 5.80. The average molecular weight is 421 g/mol. The first-order chi connectivity index (χ1) is 14.9. The molecular formula is C25H28N2O4. The summed E-state index contributed by atoms with van der Waals surface area (Å²) in [5, 5.41) is 3.50. The van der Waals surface area contributed by atoms with Crippen LogP contribution in [-0.4, -0.2) is 43.7 Å². The van der Waals surface area contributed by atoms with Gasteiger partial charge in [-0.15, -0.1) is 0 Å². The molecular weight excluding hydrogens is 392 g/mol. The molecule has 1 amide bonds. The second-order valence-corrected chi connectivity index (χ2v) is 8.21. The van der Waals surface area contributed by atoms with Gasteiger partial charge < -0.3 is 14.5 Å². The van der Waals surface area contributed by atoms with E-state index < -0.39 is 0 Å². The smallest absolute Gasteiger partial charge is 0.287 e. The summed E-state index contributed by atoms with van der Waals surface area (Å²) in [4.78, 5) is 27.8. The Morgan fingerprint density at radius 3 is 2.45 bits per heavy atom. The van der Waals surface area contributed by atoms with Gasteiger partial charge in [-0.2, -0.15) is 0 Å². The molecule has 0 unspecified atom stereocenters. The Balaban J connectivity index is 1.57. The highest BCUT2D eigenvalue weighted by atomic mass is 16.5. The lowest BCUT2D eigenvalue weighted by atomic mass is 10.0. The van der Waals surface area contributed by atoms with Crippen molar-refractivity contribution in [3.8, 4) is 0 Å². The molecule has 1 atom stereocenters. The molecule has 4 rings (SSSR count). The number of hydrogen-bond donors (Lipinski definition) is 1. The first-order valence-electron chi connectivity index (χ1n) is 10.6. The van der Waals surface area contributed by atoms with E-state index in [4.69, 9.17) is 9.15 Å². The van der Waals surface area contributed by atoms with Crippen LogP contribution in [0.1, 0.15) is 38.9 Å². The van der Waals surface area contributed by atoms with E-state index in [0.717, 1.165) is 29.8 Å².